The number of thiophene rings is 1. The van der Waals surface area contributed by atoms with Crippen molar-refractivity contribution in [3.8, 4) is 39.5 Å². The zero-order valence-electron chi connectivity index (χ0n) is 28.0. The first-order chi connectivity index (χ1) is 25.8. The summed E-state index contributed by atoms with van der Waals surface area (Å²) >= 11 is 1.76. The number of rotatable bonds is 4. The molecule has 11 rings (SSSR count). The first-order valence-electron chi connectivity index (χ1n) is 17.6. The molecule has 0 N–H and O–H groups in total. The van der Waals surface area contributed by atoms with Gasteiger partial charge in [0, 0.05) is 26.4 Å². The van der Waals surface area contributed by atoms with Crippen LogP contribution in [0.15, 0.2) is 176 Å². The number of nitrogens with zero attached hydrogens (tertiary/aromatic N) is 3. The van der Waals surface area contributed by atoms with Crippen molar-refractivity contribution in [3.63, 3.8) is 0 Å². The molecule has 0 saturated heterocycles. The van der Waals surface area contributed by atoms with Crippen LogP contribution >= 0.6 is 11.3 Å². The lowest BCUT2D eigenvalue weighted by atomic mass is 9.92. The van der Waals surface area contributed by atoms with E-state index in [9.17, 15) is 0 Å². The van der Waals surface area contributed by atoms with Crippen molar-refractivity contribution in [3.05, 3.63) is 176 Å². The predicted molar refractivity (Wildman–Crippen MR) is 221 cm³/mol. The smallest absolute Gasteiger partial charge is 0.235 e. The molecule has 4 heteroatoms. The number of para-hydroxylation sites is 2. The molecular formula is C48H29N3S. The van der Waals surface area contributed by atoms with E-state index in [0.29, 0.717) is 5.95 Å². The fraction of sp³-hybridized carbons (Fsp3) is 0. The van der Waals surface area contributed by atoms with Crippen LogP contribution in [0.2, 0.25) is 0 Å². The van der Waals surface area contributed by atoms with Crippen molar-refractivity contribution in [2.75, 3.05) is 0 Å². The second-order valence-electron chi connectivity index (χ2n) is 13.4. The average molecular weight is 680 g/mol. The Hall–Kier alpha value is -6.62. The Bertz CT molecular complexity index is 3120. The minimum Gasteiger partial charge on any atom is -0.278 e. The van der Waals surface area contributed by atoms with Crippen LogP contribution in [0.4, 0.5) is 0 Å². The third-order valence-corrected chi connectivity index (χ3v) is 11.6. The number of hydrogen-bond acceptors (Lipinski definition) is 3. The van der Waals surface area contributed by atoms with Gasteiger partial charge in [-0.25, -0.2) is 9.97 Å². The van der Waals surface area contributed by atoms with Gasteiger partial charge < -0.3 is 0 Å². The summed E-state index contributed by atoms with van der Waals surface area (Å²) in [5.41, 5.74) is 10.0. The SMILES string of the molecule is c1ccc2c(c1)cc(-c1ccc(-c3ccc(-c4nc(-n5c6ccccc6c6ccccc65)nc5c4sc4ccccc45)cc3)cc1)c1ccccc12. The van der Waals surface area contributed by atoms with Crippen LogP contribution in [0.3, 0.4) is 0 Å². The molecule has 0 radical (unpaired) electrons. The maximum Gasteiger partial charge on any atom is 0.235 e. The molecular weight excluding hydrogens is 651 g/mol. The third-order valence-electron chi connectivity index (χ3n) is 10.4. The zero-order chi connectivity index (χ0) is 34.2. The molecule has 0 fully saturated rings. The number of benzene rings is 8. The molecule has 0 aliphatic heterocycles. The van der Waals surface area contributed by atoms with Gasteiger partial charge in [0.2, 0.25) is 5.95 Å². The van der Waals surface area contributed by atoms with Gasteiger partial charge in [0.15, 0.2) is 0 Å². The molecule has 0 bridgehead atoms. The van der Waals surface area contributed by atoms with Crippen molar-refractivity contribution < 1.29 is 0 Å². The highest BCUT2D eigenvalue weighted by molar-refractivity contribution is 7.26. The van der Waals surface area contributed by atoms with Gasteiger partial charge in [0.05, 0.1) is 26.9 Å². The van der Waals surface area contributed by atoms with Gasteiger partial charge >= 0.3 is 0 Å². The van der Waals surface area contributed by atoms with Crippen LogP contribution in [0, 0.1) is 0 Å². The molecule has 11 aromatic rings. The Morgan fingerprint density at radius 2 is 0.923 bits per heavy atom. The molecule has 0 aliphatic carbocycles. The fourth-order valence-electron chi connectivity index (χ4n) is 7.97. The van der Waals surface area contributed by atoms with E-state index in [-0.39, 0.29) is 0 Å². The summed E-state index contributed by atoms with van der Waals surface area (Å²) in [5, 5.41) is 8.66. The van der Waals surface area contributed by atoms with E-state index in [0.717, 1.165) is 37.9 Å². The maximum atomic E-state index is 5.37. The second kappa shape index (κ2) is 11.5. The Morgan fingerprint density at radius 1 is 0.404 bits per heavy atom. The van der Waals surface area contributed by atoms with E-state index < -0.39 is 0 Å². The van der Waals surface area contributed by atoms with Crippen LogP contribution in [-0.4, -0.2) is 14.5 Å². The minimum absolute atomic E-state index is 0.685. The highest BCUT2D eigenvalue weighted by Gasteiger charge is 2.20. The van der Waals surface area contributed by atoms with E-state index in [2.05, 4.69) is 180 Å². The molecule has 242 valence electrons. The molecule has 3 nitrogen and oxygen atoms in total. The van der Waals surface area contributed by atoms with E-state index in [4.69, 9.17) is 9.97 Å². The van der Waals surface area contributed by atoms with Gasteiger partial charge in [-0.1, -0.05) is 152 Å². The molecule has 52 heavy (non-hydrogen) atoms. The van der Waals surface area contributed by atoms with Crippen molar-refractivity contribution in [2.45, 2.75) is 0 Å². The van der Waals surface area contributed by atoms with Crippen LogP contribution in [0.1, 0.15) is 0 Å². The quantitative estimate of drug-likeness (QED) is 0.173. The summed E-state index contributed by atoms with van der Waals surface area (Å²) < 4.78 is 4.53. The van der Waals surface area contributed by atoms with E-state index in [1.165, 1.54) is 59.3 Å². The van der Waals surface area contributed by atoms with E-state index >= 15 is 0 Å². The lowest BCUT2D eigenvalue weighted by Gasteiger charge is -2.12. The normalized spacial score (nSPS) is 11.8. The first-order valence-corrected chi connectivity index (χ1v) is 18.4. The second-order valence-corrected chi connectivity index (χ2v) is 14.4. The van der Waals surface area contributed by atoms with E-state index in [1.807, 2.05) is 0 Å². The Labute approximate surface area is 303 Å². The van der Waals surface area contributed by atoms with Crippen molar-refractivity contribution >= 4 is 75.0 Å². The van der Waals surface area contributed by atoms with Crippen molar-refractivity contribution in [1.29, 1.82) is 0 Å². The Morgan fingerprint density at radius 3 is 1.62 bits per heavy atom. The fourth-order valence-corrected chi connectivity index (χ4v) is 9.12. The van der Waals surface area contributed by atoms with Gasteiger partial charge in [0.1, 0.15) is 0 Å². The molecule has 3 aromatic heterocycles. The molecule has 8 aromatic carbocycles. The highest BCUT2D eigenvalue weighted by atomic mass is 32.1. The summed E-state index contributed by atoms with van der Waals surface area (Å²) in [5.74, 6) is 0.685. The average Bonchev–Trinajstić information content (AvgIpc) is 3.76. The van der Waals surface area contributed by atoms with Crippen LogP contribution < -0.4 is 0 Å². The lowest BCUT2D eigenvalue weighted by Crippen LogP contribution is -2.02. The largest absolute Gasteiger partial charge is 0.278 e. The molecule has 0 aliphatic rings. The van der Waals surface area contributed by atoms with E-state index in [1.54, 1.807) is 11.3 Å². The monoisotopic (exact) mass is 679 g/mol. The molecule has 0 atom stereocenters. The van der Waals surface area contributed by atoms with Crippen molar-refractivity contribution in [2.24, 2.45) is 0 Å². The zero-order valence-corrected chi connectivity index (χ0v) is 28.8. The van der Waals surface area contributed by atoms with Gasteiger partial charge in [-0.05, 0) is 68.1 Å². The van der Waals surface area contributed by atoms with Crippen LogP contribution in [-0.2, 0) is 0 Å². The summed E-state index contributed by atoms with van der Waals surface area (Å²) in [6.45, 7) is 0. The van der Waals surface area contributed by atoms with Gasteiger partial charge in [0.25, 0.3) is 0 Å². The molecule has 0 spiro atoms. The summed E-state index contributed by atoms with van der Waals surface area (Å²) in [4.78, 5) is 10.7. The van der Waals surface area contributed by atoms with Crippen LogP contribution in [0.5, 0.6) is 0 Å². The number of fused-ring (bicyclic) bond motifs is 9. The summed E-state index contributed by atoms with van der Waals surface area (Å²) in [6, 6.07) is 63.2. The molecule has 0 amide bonds. The van der Waals surface area contributed by atoms with Crippen molar-refractivity contribution in [1.82, 2.24) is 14.5 Å². The third kappa shape index (κ3) is 4.45. The highest BCUT2D eigenvalue weighted by Crippen LogP contribution is 2.41. The maximum absolute atomic E-state index is 5.37. The molecule has 0 unspecified atom stereocenters. The predicted octanol–water partition coefficient (Wildman–Crippen LogP) is 13.2. The van der Waals surface area contributed by atoms with Gasteiger partial charge in [-0.15, -0.1) is 11.3 Å². The van der Waals surface area contributed by atoms with Gasteiger partial charge in [-0.2, -0.15) is 0 Å². The Kier molecular flexibility index (Phi) is 6.42. The molecule has 3 heterocycles. The van der Waals surface area contributed by atoms with Crippen LogP contribution in [0.25, 0.3) is 103 Å². The number of hydrogen-bond donors (Lipinski definition) is 0. The first kappa shape index (κ1) is 29.1. The number of aromatic nitrogens is 3. The minimum atomic E-state index is 0.685. The summed E-state index contributed by atoms with van der Waals surface area (Å²) in [6.07, 6.45) is 0. The lowest BCUT2D eigenvalue weighted by molar-refractivity contribution is 1.02. The Balaban J connectivity index is 1.03. The van der Waals surface area contributed by atoms with Gasteiger partial charge in [-0.3, -0.25) is 4.57 Å². The standard InChI is InChI=1S/C48H29N3S/c1-2-12-35-34(11-1)29-41(37-14-4-3-13-36(35)37)32-25-21-30(22-26-32)31-23-27-33(28-24-31)45-47-46(40-17-7-10-20-44(40)52-47)50-48(49-45)51-42-18-8-5-15-38(42)39-16-6-9-19-43(39)51/h1-29H. The molecule has 0 saturated carbocycles. The summed E-state index contributed by atoms with van der Waals surface area (Å²) in [7, 11) is 0. The topological polar surface area (TPSA) is 30.7 Å².